The summed E-state index contributed by atoms with van der Waals surface area (Å²) in [5.41, 5.74) is 10.7. The third-order valence-corrected chi connectivity index (χ3v) is 9.90. The molecule has 1 aromatic rings. The van der Waals surface area contributed by atoms with E-state index in [1.165, 1.54) is 13.0 Å². The molecule has 53 heavy (non-hydrogen) atoms. The van der Waals surface area contributed by atoms with E-state index in [9.17, 15) is 14.4 Å². The molecule has 3 aliphatic rings. The maximum atomic E-state index is 12.9. The number of hydrogen-bond donors (Lipinski definition) is 3. The van der Waals surface area contributed by atoms with Gasteiger partial charge in [-0.1, -0.05) is 30.7 Å². The number of carbonyl (C=O) groups excluding carboxylic acids is 3. The van der Waals surface area contributed by atoms with Crippen molar-refractivity contribution in [2.24, 2.45) is 16.8 Å². The number of benzene rings is 1. The fraction of sp³-hybridized carbons (Fsp3) is 0.610. The standard InChI is InChI=1S/C41H60N4O8/c1-27(11-18-38-28(2)22-37(31(5)52-38)43-39(47)19-12-29(3)51-32(6)46)10-15-35-24-41(26-50-41)25-36(53-35)23-40(48)45-44-30(4)33-13-16-34(17-14-33)49-21-9-7-8-20-42/h10-17,19,28-29,31,35-38H,7-9,18,20-26,42H2,1-6H3,(H,43,47)(H,45,48). The van der Waals surface area contributed by atoms with Gasteiger partial charge in [0.15, 0.2) is 0 Å². The van der Waals surface area contributed by atoms with E-state index in [4.69, 9.17) is 29.4 Å². The molecule has 1 aromatic carbocycles. The van der Waals surface area contributed by atoms with E-state index >= 15 is 0 Å². The lowest BCUT2D eigenvalue weighted by atomic mass is 9.88. The SMILES string of the molecule is CC(=O)OC(C)C=CC(=O)NC1CC(C)C(CC=C(C)C=CC2CC3(CO3)CC(CC(=O)NN=C(C)c3ccc(OCCCCCN)cc3)O2)OC1C. The van der Waals surface area contributed by atoms with Crippen LogP contribution in [0.1, 0.15) is 98.5 Å². The average Bonchev–Trinajstić information content (AvgIpc) is 3.86. The molecule has 0 aromatic heterocycles. The first kappa shape index (κ1) is 41.9. The summed E-state index contributed by atoms with van der Waals surface area (Å²) in [5.74, 6) is 0.214. The second kappa shape index (κ2) is 20.6. The zero-order valence-electron chi connectivity index (χ0n) is 32.3. The van der Waals surface area contributed by atoms with Gasteiger partial charge in [0.25, 0.3) is 0 Å². The number of nitrogens with zero attached hydrogens (tertiary/aromatic N) is 1. The number of carbonyl (C=O) groups is 3. The van der Waals surface area contributed by atoms with Crippen molar-refractivity contribution in [3.63, 3.8) is 0 Å². The molecule has 8 unspecified atom stereocenters. The Bertz CT molecular complexity index is 1480. The van der Waals surface area contributed by atoms with E-state index in [0.29, 0.717) is 31.9 Å². The third kappa shape index (κ3) is 14.5. The van der Waals surface area contributed by atoms with Gasteiger partial charge in [-0.2, -0.15) is 5.10 Å². The van der Waals surface area contributed by atoms with Crippen molar-refractivity contribution >= 4 is 23.5 Å². The zero-order chi connectivity index (χ0) is 38.4. The predicted molar refractivity (Wildman–Crippen MR) is 204 cm³/mol. The number of ether oxygens (including phenoxy) is 5. The third-order valence-electron chi connectivity index (χ3n) is 9.90. The number of amides is 2. The number of rotatable bonds is 18. The number of nitrogens with two attached hydrogens (primary N) is 1. The molecular weight excluding hydrogens is 676 g/mol. The molecule has 8 atom stereocenters. The Labute approximate surface area is 314 Å². The second-order valence-electron chi connectivity index (χ2n) is 14.8. The Morgan fingerprint density at radius 2 is 1.81 bits per heavy atom. The first-order valence-corrected chi connectivity index (χ1v) is 19.1. The Balaban J connectivity index is 1.21. The number of hydrogen-bond acceptors (Lipinski definition) is 10. The highest BCUT2D eigenvalue weighted by Crippen LogP contribution is 2.43. The normalized spacial score (nSPS) is 28.2. The fourth-order valence-corrected chi connectivity index (χ4v) is 6.75. The lowest BCUT2D eigenvalue weighted by molar-refractivity contribution is -0.143. The van der Waals surface area contributed by atoms with Crippen molar-refractivity contribution in [1.82, 2.24) is 10.7 Å². The van der Waals surface area contributed by atoms with E-state index in [2.05, 4.69) is 47.9 Å². The van der Waals surface area contributed by atoms with Crippen LogP contribution in [0.25, 0.3) is 0 Å². The van der Waals surface area contributed by atoms with Gasteiger partial charge in [-0.3, -0.25) is 14.4 Å². The lowest BCUT2D eigenvalue weighted by Crippen LogP contribution is -2.50. The van der Waals surface area contributed by atoms with E-state index in [1.807, 2.05) is 38.1 Å². The van der Waals surface area contributed by atoms with Gasteiger partial charge in [0.1, 0.15) is 11.9 Å². The van der Waals surface area contributed by atoms with Crippen LogP contribution in [0.5, 0.6) is 5.75 Å². The molecular formula is C41H60N4O8. The number of hydrazone groups is 1. The molecule has 4 N–H and O–H groups in total. The summed E-state index contributed by atoms with van der Waals surface area (Å²) in [6.07, 6.45) is 14.4. The molecule has 2 amide bonds. The van der Waals surface area contributed by atoms with Crippen molar-refractivity contribution in [2.75, 3.05) is 19.8 Å². The van der Waals surface area contributed by atoms with Gasteiger partial charge in [0, 0.05) is 25.8 Å². The highest BCUT2D eigenvalue weighted by molar-refractivity contribution is 5.99. The summed E-state index contributed by atoms with van der Waals surface area (Å²) >= 11 is 0. The molecule has 12 nitrogen and oxygen atoms in total. The molecule has 0 saturated carbocycles. The summed E-state index contributed by atoms with van der Waals surface area (Å²) in [6, 6.07) is 7.59. The Kier molecular flexibility index (Phi) is 16.3. The maximum absolute atomic E-state index is 12.9. The summed E-state index contributed by atoms with van der Waals surface area (Å²) in [7, 11) is 0. The van der Waals surface area contributed by atoms with E-state index in [-0.39, 0.29) is 60.2 Å². The van der Waals surface area contributed by atoms with Crippen LogP contribution >= 0.6 is 0 Å². The van der Waals surface area contributed by atoms with E-state index < -0.39 is 12.1 Å². The molecule has 0 bridgehead atoms. The van der Waals surface area contributed by atoms with Crippen LogP contribution in [0, 0.1) is 5.92 Å². The molecule has 0 radical (unpaired) electrons. The quantitative estimate of drug-likeness (QED) is 0.0339. The first-order chi connectivity index (χ1) is 25.3. The number of esters is 1. The largest absolute Gasteiger partial charge is 0.494 e. The minimum atomic E-state index is -0.472. The number of epoxide rings is 1. The van der Waals surface area contributed by atoms with Gasteiger partial charge in [0.2, 0.25) is 11.8 Å². The van der Waals surface area contributed by atoms with Crippen molar-refractivity contribution in [1.29, 1.82) is 0 Å². The fourth-order valence-electron chi connectivity index (χ4n) is 6.75. The average molecular weight is 737 g/mol. The van der Waals surface area contributed by atoms with Crippen LogP contribution in [0.3, 0.4) is 0 Å². The van der Waals surface area contributed by atoms with Crippen LogP contribution in [0.15, 0.2) is 65.3 Å². The summed E-state index contributed by atoms with van der Waals surface area (Å²) in [4.78, 5) is 36.5. The minimum absolute atomic E-state index is 0.0271. The zero-order valence-corrected chi connectivity index (χ0v) is 32.3. The molecule has 12 heteroatoms. The van der Waals surface area contributed by atoms with Gasteiger partial charge < -0.3 is 34.7 Å². The maximum Gasteiger partial charge on any atom is 0.303 e. The van der Waals surface area contributed by atoms with Crippen LogP contribution in [0.4, 0.5) is 0 Å². The Hall–Kier alpha value is -3.84. The molecule has 3 heterocycles. The molecule has 1 spiro atoms. The molecule has 4 rings (SSSR count). The van der Waals surface area contributed by atoms with Gasteiger partial charge >= 0.3 is 5.97 Å². The number of allylic oxidation sites excluding steroid dienone is 2. The first-order valence-electron chi connectivity index (χ1n) is 19.1. The Morgan fingerprint density at radius 3 is 2.51 bits per heavy atom. The minimum Gasteiger partial charge on any atom is -0.494 e. The summed E-state index contributed by atoms with van der Waals surface area (Å²) < 4.78 is 29.4. The second-order valence-corrected chi connectivity index (χ2v) is 14.8. The topological polar surface area (TPSA) is 163 Å². The molecule has 3 fully saturated rings. The Morgan fingerprint density at radius 1 is 1.06 bits per heavy atom. The van der Waals surface area contributed by atoms with Crippen LogP contribution in [-0.4, -0.2) is 85.4 Å². The smallest absolute Gasteiger partial charge is 0.303 e. The molecule has 3 aliphatic heterocycles. The van der Waals surface area contributed by atoms with Gasteiger partial charge in [-0.15, -0.1) is 0 Å². The molecule has 3 saturated heterocycles. The van der Waals surface area contributed by atoms with E-state index in [1.54, 1.807) is 13.0 Å². The summed E-state index contributed by atoms with van der Waals surface area (Å²) in [5, 5.41) is 7.36. The molecule has 0 aliphatic carbocycles. The van der Waals surface area contributed by atoms with Crippen molar-refractivity contribution in [3.8, 4) is 5.75 Å². The van der Waals surface area contributed by atoms with Gasteiger partial charge in [-0.05, 0) is 108 Å². The van der Waals surface area contributed by atoms with Gasteiger partial charge in [0.05, 0.1) is 61.4 Å². The number of nitrogens with one attached hydrogen (secondary N) is 2. The highest BCUT2D eigenvalue weighted by Gasteiger charge is 2.51. The van der Waals surface area contributed by atoms with Crippen LogP contribution < -0.4 is 21.2 Å². The van der Waals surface area contributed by atoms with Gasteiger partial charge in [-0.25, -0.2) is 5.43 Å². The van der Waals surface area contributed by atoms with Crippen LogP contribution in [-0.2, 0) is 33.3 Å². The highest BCUT2D eigenvalue weighted by atomic mass is 16.6. The van der Waals surface area contributed by atoms with E-state index in [0.717, 1.165) is 55.4 Å². The van der Waals surface area contributed by atoms with Crippen molar-refractivity contribution in [2.45, 2.75) is 135 Å². The van der Waals surface area contributed by atoms with Crippen molar-refractivity contribution < 1.29 is 38.1 Å². The van der Waals surface area contributed by atoms with Crippen molar-refractivity contribution in [3.05, 3.63) is 65.8 Å². The van der Waals surface area contributed by atoms with Crippen LogP contribution in [0.2, 0.25) is 0 Å². The molecule has 292 valence electrons. The predicted octanol–water partition coefficient (Wildman–Crippen LogP) is 5.44. The summed E-state index contributed by atoms with van der Waals surface area (Å²) in [6.45, 7) is 13.1. The number of unbranched alkanes of at least 4 members (excludes halogenated alkanes) is 2. The monoisotopic (exact) mass is 736 g/mol. The lowest BCUT2D eigenvalue weighted by Gasteiger charge is -2.39.